The third kappa shape index (κ3) is 2.82. The van der Waals surface area contributed by atoms with Crippen LogP contribution in [0.25, 0.3) is 0 Å². The van der Waals surface area contributed by atoms with Crippen LogP contribution in [-0.4, -0.2) is 19.9 Å². The molecule has 1 atom stereocenters. The van der Waals surface area contributed by atoms with Crippen LogP contribution in [0.5, 0.6) is 0 Å². The first-order chi connectivity index (χ1) is 9.30. The molecule has 2 heterocycles. The number of halogens is 3. The van der Waals surface area contributed by atoms with Crippen LogP contribution in [0.3, 0.4) is 0 Å². The van der Waals surface area contributed by atoms with Gasteiger partial charge in [0.1, 0.15) is 6.10 Å². The quantitative estimate of drug-likeness (QED) is 0.943. The monoisotopic (exact) mass is 285 g/mol. The van der Waals surface area contributed by atoms with Gasteiger partial charge in [-0.1, -0.05) is 0 Å². The lowest BCUT2D eigenvalue weighted by atomic mass is 10.0. The van der Waals surface area contributed by atoms with Crippen molar-refractivity contribution in [3.05, 3.63) is 47.5 Å². The Labute approximate surface area is 113 Å². The van der Waals surface area contributed by atoms with E-state index in [-0.39, 0.29) is 11.6 Å². The smallest absolute Gasteiger partial charge is 0.383 e. The van der Waals surface area contributed by atoms with Gasteiger partial charge in [0.25, 0.3) is 0 Å². The molecule has 2 aromatic heterocycles. The average molecular weight is 285 g/mol. The Kier molecular flexibility index (Phi) is 3.80. The first kappa shape index (κ1) is 14.5. The van der Waals surface area contributed by atoms with E-state index >= 15 is 0 Å². The van der Waals surface area contributed by atoms with Gasteiger partial charge in [0, 0.05) is 35.8 Å². The van der Waals surface area contributed by atoms with E-state index in [1.807, 2.05) is 13.8 Å². The van der Waals surface area contributed by atoms with E-state index in [1.54, 1.807) is 4.68 Å². The highest BCUT2D eigenvalue weighted by molar-refractivity contribution is 5.33. The van der Waals surface area contributed by atoms with Gasteiger partial charge < -0.3 is 5.11 Å². The molecule has 20 heavy (non-hydrogen) atoms. The Morgan fingerprint density at radius 2 is 1.95 bits per heavy atom. The number of aromatic nitrogens is 3. The summed E-state index contributed by atoms with van der Waals surface area (Å²) in [5.74, 6) is 0. The molecule has 7 heteroatoms. The van der Waals surface area contributed by atoms with E-state index in [0.717, 1.165) is 18.5 Å². The molecule has 0 aliphatic heterocycles. The fourth-order valence-corrected chi connectivity index (χ4v) is 1.84. The maximum Gasteiger partial charge on any atom is 0.416 e. The van der Waals surface area contributed by atoms with E-state index in [2.05, 4.69) is 10.1 Å². The average Bonchev–Trinajstić information content (AvgIpc) is 2.86. The maximum atomic E-state index is 12.9. The molecule has 0 fully saturated rings. The van der Waals surface area contributed by atoms with Crippen molar-refractivity contribution >= 4 is 0 Å². The van der Waals surface area contributed by atoms with Gasteiger partial charge in [0.05, 0.1) is 11.8 Å². The number of nitrogens with zero attached hydrogens (tertiary/aromatic N) is 3. The second-order valence-electron chi connectivity index (χ2n) is 4.71. The lowest BCUT2D eigenvalue weighted by Crippen LogP contribution is -2.13. The van der Waals surface area contributed by atoms with Crippen molar-refractivity contribution in [2.45, 2.75) is 32.2 Å². The zero-order chi connectivity index (χ0) is 14.9. The summed E-state index contributed by atoms with van der Waals surface area (Å²) in [6.07, 6.45) is -0.975. The largest absolute Gasteiger partial charge is 0.416 e. The highest BCUT2D eigenvalue weighted by atomic mass is 19.4. The second kappa shape index (κ2) is 5.24. The number of aliphatic hydroxyl groups is 1. The topological polar surface area (TPSA) is 50.9 Å². The predicted molar refractivity (Wildman–Crippen MR) is 65.9 cm³/mol. The molecular formula is C13H14F3N3O. The van der Waals surface area contributed by atoms with Crippen LogP contribution >= 0.6 is 0 Å². The van der Waals surface area contributed by atoms with Gasteiger partial charge >= 0.3 is 6.18 Å². The summed E-state index contributed by atoms with van der Waals surface area (Å²) in [5.41, 5.74) is -0.863. The van der Waals surface area contributed by atoms with Gasteiger partial charge in [0.15, 0.2) is 0 Å². The Balaban J connectivity index is 2.40. The van der Waals surface area contributed by atoms with Crippen molar-refractivity contribution in [3.63, 3.8) is 0 Å². The summed E-state index contributed by atoms with van der Waals surface area (Å²) in [4.78, 5) is 3.66. The molecule has 2 aromatic rings. The SMILES string of the molecule is CC(C)n1cc(C(O)c2cnccc2C(F)(F)F)cn1. The molecule has 0 aliphatic carbocycles. The van der Waals surface area contributed by atoms with Gasteiger partial charge in [0.2, 0.25) is 0 Å². The van der Waals surface area contributed by atoms with E-state index in [0.29, 0.717) is 5.56 Å². The molecule has 2 rings (SSSR count). The predicted octanol–water partition coefficient (Wildman–Crippen LogP) is 2.96. The number of alkyl halides is 3. The van der Waals surface area contributed by atoms with E-state index < -0.39 is 17.8 Å². The molecule has 4 nitrogen and oxygen atoms in total. The van der Waals surface area contributed by atoms with Crippen molar-refractivity contribution in [1.29, 1.82) is 0 Å². The highest BCUT2D eigenvalue weighted by Gasteiger charge is 2.35. The molecule has 0 amide bonds. The van der Waals surface area contributed by atoms with E-state index in [1.165, 1.54) is 12.4 Å². The van der Waals surface area contributed by atoms with Crippen molar-refractivity contribution in [3.8, 4) is 0 Å². The molecule has 0 aliphatic rings. The number of hydrogen-bond donors (Lipinski definition) is 1. The van der Waals surface area contributed by atoms with Crippen LogP contribution < -0.4 is 0 Å². The first-order valence-electron chi connectivity index (χ1n) is 6.04. The molecule has 0 saturated carbocycles. The number of rotatable bonds is 3. The molecule has 0 aromatic carbocycles. The Morgan fingerprint density at radius 3 is 2.50 bits per heavy atom. The van der Waals surface area contributed by atoms with Crippen LogP contribution in [0.15, 0.2) is 30.9 Å². The molecule has 0 spiro atoms. The summed E-state index contributed by atoms with van der Waals surface area (Å²) < 4.78 is 40.3. The normalized spacial score (nSPS) is 13.8. The Morgan fingerprint density at radius 1 is 1.25 bits per heavy atom. The van der Waals surface area contributed by atoms with Crippen molar-refractivity contribution in [1.82, 2.24) is 14.8 Å². The summed E-state index contributed by atoms with van der Waals surface area (Å²) in [6, 6.07) is 0.915. The lowest BCUT2D eigenvalue weighted by Gasteiger charge is -2.15. The minimum absolute atomic E-state index is 0.0620. The molecule has 0 radical (unpaired) electrons. The third-order valence-corrected chi connectivity index (χ3v) is 2.92. The molecule has 1 unspecified atom stereocenters. The van der Waals surface area contributed by atoms with Crippen LogP contribution in [0.4, 0.5) is 13.2 Å². The molecule has 1 N–H and O–H groups in total. The van der Waals surface area contributed by atoms with Crippen molar-refractivity contribution in [2.75, 3.05) is 0 Å². The lowest BCUT2D eigenvalue weighted by molar-refractivity contribution is -0.139. The standard InChI is InChI=1S/C13H14F3N3O/c1-8(2)19-7-9(5-18-19)12(20)10-6-17-4-3-11(10)13(14,15)16/h3-8,12,20H,1-2H3. The fourth-order valence-electron chi connectivity index (χ4n) is 1.84. The zero-order valence-corrected chi connectivity index (χ0v) is 11.0. The Bertz CT molecular complexity index is 593. The van der Waals surface area contributed by atoms with Gasteiger partial charge in [-0.25, -0.2) is 0 Å². The minimum Gasteiger partial charge on any atom is -0.383 e. The van der Waals surface area contributed by atoms with Gasteiger partial charge in [-0.05, 0) is 19.9 Å². The summed E-state index contributed by atoms with van der Waals surface area (Å²) >= 11 is 0. The van der Waals surface area contributed by atoms with Gasteiger partial charge in [-0.3, -0.25) is 9.67 Å². The van der Waals surface area contributed by atoms with Crippen LogP contribution in [0, 0.1) is 0 Å². The van der Waals surface area contributed by atoms with Gasteiger partial charge in [-0.2, -0.15) is 18.3 Å². The Hall–Kier alpha value is -1.89. The summed E-state index contributed by atoms with van der Waals surface area (Å²) in [7, 11) is 0. The minimum atomic E-state index is -4.53. The van der Waals surface area contributed by atoms with Gasteiger partial charge in [-0.15, -0.1) is 0 Å². The summed E-state index contributed by atoms with van der Waals surface area (Å²) in [6.45, 7) is 3.77. The highest BCUT2D eigenvalue weighted by Crippen LogP contribution is 2.35. The number of aliphatic hydroxyl groups excluding tert-OH is 1. The van der Waals surface area contributed by atoms with Crippen molar-refractivity contribution < 1.29 is 18.3 Å². The van der Waals surface area contributed by atoms with E-state index in [4.69, 9.17) is 0 Å². The maximum absolute atomic E-state index is 12.9. The zero-order valence-electron chi connectivity index (χ0n) is 11.0. The van der Waals surface area contributed by atoms with Crippen LogP contribution in [-0.2, 0) is 6.18 Å². The van der Waals surface area contributed by atoms with E-state index in [9.17, 15) is 18.3 Å². The summed E-state index contributed by atoms with van der Waals surface area (Å²) in [5, 5.41) is 14.1. The van der Waals surface area contributed by atoms with Crippen molar-refractivity contribution in [2.24, 2.45) is 0 Å². The third-order valence-electron chi connectivity index (χ3n) is 2.92. The molecule has 108 valence electrons. The van der Waals surface area contributed by atoms with Crippen LogP contribution in [0.1, 0.15) is 42.7 Å². The molecule has 0 bridgehead atoms. The number of pyridine rings is 1. The molecular weight excluding hydrogens is 271 g/mol. The first-order valence-corrected chi connectivity index (χ1v) is 6.04. The molecule has 0 saturated heterocycles. The number of hydrogen-bond acceptors (Lipinski definition) is 3. The fraction of sp³-hybridized carbons (Fsp3) is 0.385. The second-order valence-corrected chi connectivity index (χ2v) is 4.71. The van der Waals surface area contributed by atoms with Crippen LogP contribution in [0.2, 0.25) is 0 Å².